The van der Waals surface area contributed by atoms with Crippen molar-refractivity contribution in [2.24, 2.45) is 0 Å². The SMILES string of the molecule is Cc1ccccc1CNC(=O)COC(=O)c1ccccc1F. The Balaban J connectivity index is 1.82. The molecule has 22 heavy (non-hydrogen) atoms. The van der Waals surface area contributed by atoms with Crippen LogP contribution in [0.1, 0.15) is 21.5 Å². The van der Waals surface area contributed by atoms with E-state index in [1.54, 1.807) is 0 Å². The molecule has 0 bridgehead atoms. The van der Waals surface area contributed by atoms with Crippen LogP contribution in [0.3, 0.4) is 0 Å². The molecule has 4 nitrogen and oxygen atoms in total. The summed E-state index contributed by atoms with van der Waals surface area (Å²) in [6.07, 6.45) is 0. The number of hydrogen-bond donors (Lipinski definition) is 1. The molecule has 1 N–H and O–H groups in total. The van der Waals surface area contributed by atoms with Crippen LogP contribution in [-0.2, 0) is 16.1 Å². The highest BCUT2D eigenvalue weighted by molar-refractivity contribution is 5.91. The summed E-state index contributed by atoms with van der Waals surface area (Å²) in [5.41, 5.74) is 1.86. The van der Waals surface area contributed by atoms with Gasteiger partial charge in [-0.15, -0.1) is 0 Å². The highest BCUT2D eigenvalue weighted by Crippen LogP contribution is 2.08. The molecule has 0 spiro atoms. The van der Waals surface area contributed by atoms with E-state index >= 15 is 0 Å². The van der Waals surface area contributed by atoms with E-state index in [-0.39, 0.29) is 5.56 Å². The Labute approximate surface area is 127 Å². The molecule has 0 unspecified atom stereocenters. The summed E-state index contributed by atoms with van der Waals surface area (Å²) in [6, 6.07) is 13.1. The first-order chi connectivity index (χ1) is 10.6. The fourth-order valence-corrected chi connectivity index (χ4v) is 1.89. The average Bonchev–Trinajstić information content (AvgIpc) is 2.52. The van der Waals surface area contributed by atoms with E-state index in [1.807, 2.05) is 31.2 Å². The number of rotatable bonds is 5. The van der Waals surface area contributed by atoms with E-state index in [0.29, 0.717) is 6.54 Å². The quantitative estimate of drug-likeness (QED) is 0.864. The van der Waals surface area contributed by atoms with E-state index in [1.165, 1.54) is 18.2 Å². The molecule has 1 amide bonds. The monoisotopic (exact) mass is 301 g/mol. The molecule has 0 aliphatic carbocycles. The highest BCUT2D eigenvalue weighted by atomic mass is 19.1. The lowest BCUT2D eigenvalue weighted by Gasteiger charge is -2.08. The van der Waals surface area contributed by atoms with Crippen LogP contribution < -0.4 is 5.32 Å². The molecule has 0 aliphatic rings. The number of benzene rings is 2. The van der Waals surface area contributed by atoms with Crippen molar-refractivity contribution in [1.82, 2.24) is 5.32 Å². The first kappa shape index (κ1) is 15.7. The number of esters is 1. The second-order valence-corrected chi connectivity index (χ2v) is 4.76. The molecule has 5 heteroatoms. The Bertz CT molecular complexity index is 685. The summed E-state index contributed by atoms with van der Waals surface area (Å²) in [6.45, 7) is 1.85. The minimum Gasteiger partial charge on any atom is -0.452 e. The first-order valence-corrected chi connectivity index (χ1v) is 6.81. The van der Waals surface area contributed by atoms with Crippen molar-refractivity contribution >= 4 is 11.9 Å². The van der Waals surface area contributed by atoms with Gasteiger partial charge in [0, 0.05) is 6.54 Å². The summed E-state index contributed by atoms with van der Waals surface area (Å²) in [4.78, 5) is 23.3. The summed E-state index contributed by atoms with van der Waals surface area (Å²) in [7, 11) is 0. The smallest absolute Gasteiger partial charge is 0.341 e. The van der Waals surface area contributed by atoms with Gasteiger partial charge in [-0.3, -0.25) is 4.79 Å². The maximum Gasteiger partial charge on any atom is 0.341 e. The van der Waals surface area contributed by atoms with Gasteiger partial charge in [0.2, 0.25) is 0 Å². The van der Waals surface area contributed by atoms with Crippen LogP contribution in [0.5, 0.6) is 0 Å². The van der Waals surface area contributed by atoms with Gasteiger partial charge in [0.15, 0.2) is 6.61 Å². The summed E-state index contributed by atoms with van der Waals surface area (Å²) < 4.78 is 18.2. The number of halogens is 1. The summed E-state index contributed by atoms with van der Waals surface area (Å²) >= 11 is 0. The van der Waals surface area contributed by atoms with Crippen molar-refractivity contribution in [2.75, 3.05) is 6.61 Å². The lowest BCUT2D eigenvalue weighted by molar-refractivity contribution is -0.124. The minimum atomic E-state index is -0.857. The van der Waals surface area contributed by atoms with Gasteiger partial charge in [-0.2, -0.15) is 0 Å². The molecule has 0 aliphatic heterocycles. The van der Waals surface area contributed by atoms with E-state index in [2.05, 4.69) is 5.32 Å². The highest BCUT2D eigenvalue weighted by Gasteiger charge is 2.14. The molecular weight excluding hydrogens is 285 g/mol. The van der Waals surface area contributed by atoms with Gasteiger partial charge < -0.3 is 10.1 Å². The first-order valence-electron chi connectivity index (χ1n) is 6.81. The number of carbonyl (C=O) groups excluding carboxylic acids is 2. The molecule has 0 atom stereocenters. The van der Waals surface area contributed by atoms with Gasteiger partial charge in [-0.25, -0.2) is 9.18 Å². The molecule has 0 radical (unpaired) electrons. The normalized spacial score (nSPS) is 10.1. The predicted molar refractivity (Wildman–Crippen MR) is 79.7 cm³/mol. The van der Waals surface area contributed by atoms with E-state index in [4.69, 9.17) is 4.74 Å². The Kier molecular flexibility index (Phi) is 5.25. The molecular formula is C17H16FNO3. The van der Waals surface area contributed by atoms with Crippen molar-refractivity contribution in [3.05, 3.63) is 71.0 Å². The van der Waals surface area contributed by atoms with E-state index in [0.717, 1.165) is 17.2 Å². The second-order valence-electron chi connectivity index (χ2n) is 4.76. The van der Waals surface area contributed by atoms with Crippen LogP contribution in [0.15, 0.2) is 48.5 Å². The molecule has 0 saturated carbocycles. The van der Waals surface area contributed by atoms with Crippen LogP contribution in [0.25, 0.3) is 0 Å². The zero-order chi connectivity index (χ0) is 15.9. The topological polar surface area (TPSA) is 55.4 Å². The fourth-order valence-electron chi connectivity index (χ4n) is 1.89. The minimum absolute atomic E-state index is 0.186. The van der Waals surface area contributed by atoms with Crippen molar-refractivity contribution in [1.29, 1.82) is 0 Å². The number of hydrogen-bond acceptors (Lipinski definition) is 3. The largest absolute Gasteiger partial charge is 0.452 e. The zero-order valence-electron chi connectivity index (χ0n) is 12.1. The van der Waals surface area contributed by atoms with Gasteiger partial charge >= 0.3 is 5.97 Å². The van der Waals surface area contributed by atoms with Crippen LogP contribution in [0.2, 0.25) is 0 Å². The van der Waals surface area contributed by atoms with Gasteiger partial charge in [0.05, 0.1) is 5.56 Å². The third-order valence-corrected chi connectivity index (χ3v) is 3.17. The lowest BCUT2D eigenvalue weighted by atomic mass is 10.1. The molecule has 0 fully saturated rings. The fraction of sp³-hybridized carbons (Fsp3) is 0.176. The van der Waals surface area contributed by atoms with E-state index in [9.17, 15) is 14.0 Å². The molecule has 2 rings (SSSR count). The standard InChI is InChI=1S/C17H16FNO3/c1-12-6-2-3-7-13(12)10-19-16(20)11-22-17(21)14-8-4-5-9-15(14)18/h2-9H,10-11H2,1H3,(H,19,20). The Morgan fingerprint density at radius 2 is 1.77 bits per heavy atom. The van der Waals surface area contributed by atoms with Gasteiger partial charge in [-0.05, 0) is 30.2 Å². The summed E-state index contributed by atoms with van der Waals surface area (Å²) in [5, 5.41) is 2.65. The van der Waals surface area contributed by atoms with Crippen LogP contribution in [0, 0.1) is 12.7 Å². The Hall–Kier alpha value is -2.69. The Morgan fingerprint density at radius 1 is 1.09 bits per heavy atom. The maximum absolute atomic E-state index is 13.4. The van der Waals surface area contributed by atoms with Crippen molar-refractivity contribution in [3.8, 4) is 0 Å². The van der Waals surface area contributed by atoms with Gasteiger partial charge in [0.25, 0.3) is 5.91 Å². The number of aryl methyl sites for hydroxylation is 1. The predicted octanol–water partition coefficient (Wildman–Crippen LogP) is 2.61. The third kappa shape index (κ3) is 4.15. The van der Waals surface area contributed by atoms with Crippen molar-refractivity contribution in [2.45, 2.75) is 13.5 Å². The van der Waals surface area contributed by atoms with Crippen molar-refractivity contribution < 1.29 is 18.7 Å². The third-order valence-electron chi connectivity index (χ3n) is 3.17. The molecule has 0 heterocycles. The molecule has 2 aromatic rings. The van der Waals surface area contributed by atoms with Crippen LogP contribution >= 0.6 is 0 Å². The van der Waals surface area contributed by atoms with Gasteiger partial charge in [-0.1, -0.05) is 36.4 Å². The number of carbonyl (C=O) groups is 2. The van der Waals surface area contributed by atoms with E-state index < -0.39 is 24.3 Å². The lowest BCUT2D eigenvalue weighted by Crippen LogP contribution is -2.28. The number of amides is 1. The number of nitrogens with one attached hydrogen (secondary N) is 1. The molecule has 0 saturated heterocycles. The summed E-state index contributed by atoms with van der Waals surface area (Å²) in [5.74, 6) is -1.97. The molecule has 114 valence electrons. The molecule has 2 aromatic carbocycles. The van der Waals surface area contributed by atoms with Crippen LogP contribution in [-0.4, -0.2) is 18.5 Å². The zero-order valence-corrected chi connectivity index (χ0v) is 12.1. The second kappa shape index (κ2) is 7.36. The average molecular weight is 301 g/mol. The van der Waals surface area contributed by atoms with Gasteiger partial charge in [0.1, 0.15) is 5.82 Å². The van der Waals surface area contributed by atoms with Crippen LogP contribution in [0.4, 0.5) is 4.39 Å². The van der Waals surface area contributed by atoms with Crippen molar-refractivity contribution in [3.63, 3.8) is 0 Å². The maximum atomic E-state index is 13.4. The Morgan fingerprint density at radius 3 is 2.50 bits per heavy atom. The number of ether oxygens (including phenoxy) is 1. The molecule has 0 aromatic heterocycles.